The SMILES string of the molecule is CC1=NN(C(=O)c2ccccc2)P2/C(=C(/O[Si](C(C)C)(C(C)C)C(C)C)C34CC5CC(CC(C5)C3)C4)N=NC12. The Bertz CT molecular complexity index is 1170. The van der Waals surface area contributed by atoms with E-state index < -0.39 is 16.4 Å². The Hall–Kier alpha value is -1.85. The molecule has 0 spiro atoms. The highest BCUT2D eigenvalue weighted by Gasteiger charge is 2.59. The first kappa shape index (κ1) is 27.3. The molecule has 0 N–H and O–H groups in total. The molecule has 2 atom stereocenters. The van der Waals surface area contributed by atoms with Crippen LogP contribution in [0.15, 0.2) is 56.9 Å². The number of fused-ring (bicyclic) bond motifs is 1. The monoisotopic (exact) mass is 564 g/mol. The van der Waals surface area contributed by atoms with Crippen LogP contribution in [0.4, 0.5) is 0 Å². The predicted octanol–water partition coefficient (Wildman–Crippen LogP) is 9.28. The molecular weight excluding hydrogens is 519 g/mol. The van der Waals surface area contributed by atoms with Gasteiger partial charge >= 0.3 is 0 Å². The maximum absolute atomic E-state index is 13.9. The third-order valence-corrected chi connectivity index (χ3v) is 18.8. The zero-order valence-electron chi connectivity index (χ0n) is 24.7. The summed E-state index contributed by atoms with van der Waals surface area (Å²) in [5.41, 5.74) is 3.92. The molecule has 7 rings (SSSR count). The molecule has 6 nitrogen and oxygen atoms in total. The molecular formula is C31H45N4O2PSi. The Morgan fingerprint density at radius 2 is 1.49 bits per heavy atom. The lowest BCUT2D eigenvalue weighted by Gasteiger charge is -2.58. The molecule has 2 heterocycles. The summed E-state index contributed by atoms with van der Waals surface area (Å²) in [6.45, 7) is 16.2. The highest BCUT2D eigenvalue weighted by Crippen LogP contribution is 2.70. The van der Waals surface area contributed by atoms with Gasteiger partial charge in [0.2, 0.25) is 0 Å². The van der Waals surface area contributed by atoms with Crippen LogP contribution in [0.3, 0.4) is 0 Å². The molecule has 1 amide bonds. The molecule has 4 saturated carbocycles. The fourth-order valence-electron chi connectivity index (χ4n) is 9.32. The normalized spacial score (nSPS) is 34.4. The molecule has 0 aromatic heterocycles. The van der Waals surface area contributed by atoms with E-state index in [2.05, 4.69) is 41.5 Å². The third-order valence-electron chi connectivity index (χ3n) is 10.5. The van der Waals surface area contributed by atoms with Gasteiger partial charge in [-0.05, 0) is 92.0 Å². The maximum atomic E-state index is 13.9. The number of rotatable bonds is 7. The van der Waals surface area contributed by atoms with Crippen molar-refractivity contribution >= 4 is 28.0 Å². The van der Waals surface area contributed by atoms with E-state index in [-0.39, 0.29) is 17.1 Å². The molecule has 4 bridgehead atoms. The quantitative estimate of drug-likeness (QED) is 0.188. The van der Waals surface area contributed by atoms with Crippen LogP contribution in [0.1, 0.15) is 97.3 Å². The molecule has 1 aromatic rings. The highest BCUT2D eigenvalue weighted by molar-refractivity contribution is 7.62. The number of hydrazone groups is 1. The molecule has 8 heteroatoms. The number of azo groups is 1. The molecule has 1 aromatic carbocycles. The highest BCUT2D eigenvalue weighted by atomic mass is 31.1. The van der Waals surface area contributed by atoms with Crippen molar-refractivity contribution in [3.63, 3.8) is 0 Å². The van der Waals surface area contributed by atoms with E-state index in [0.717, 1.165) is 34.7 Å². The van der Waals surface area contributed by atoms with Gasteiger partial charge in [-0.2, -0.15) is 15.0 Å². The number of amides is 1. The summed E-state index contributed by atoms with van der Waals surface area (Å²) in [4.78, 5) is 13.9. The van der Waals surface area contributed by atoms with Crippen LogP contribution >= 0.6 is 8.07 Å². The zero-order chi connectivity index (χ0) is 27.7. The van der Waals surface area contributed by atoms with Crippen molar-refractivity contribution in [3.05, 3.63) is 47.1 Å². The largest absolute Gasteiger partial charge is 0.544 e. The minimum Gasteiger partial charge on any atom is -0.544 e. The molecule has 0 saturated heterocycles. The van der Waals surface area contributed by atoms with Crippen molar-refractivity contribution in [2.45, 2.75) is 109 Å². The minimum absolute atomic E-state index is 0.0230. The van der Waals surface area contributed by atoms with Crippen molar-refractivity contribution in [3.8, 4) is 0 Å². The molecule has 2 aliphatic heterocycles. The maximum Gasteiger partial charge on any atom is 0.277 e. The number of nitrogens with zero attached hydrogens (tertiary/aromatic N) is 4. The van der Waals surface area contributed by atoms with Gasteiger partial charge in [0.05, 0.1) is 5.71 Å². The van der Waals surface area contributed by atoms with E-state index in [1.165, 1.54) is 38.5 Å². The summed E-state index contributed by atoms with van der Waals surface area (Å²) < 4.78 is 9.50. The molecule has 2 unspecified atom stereocenters. The van der Waals surface area contributed by atoms with E-state index in [1.807, 2.05) is 37.3 Å². The second kappa shape index (κ2) is 9.90. The summed E-state index contributed by atoms with van der Waals surface area (Å²) >= 11 is 0. The molecule has 6 aliphatic rings. The second-order valence-corrected chi connectivity index (χ2v) is 21.3. The van der Waals surface area contributed by atoms with E-state index >= 15 is 0 Å². The summed E-state index contributed by atoms with van der Waals surface area (Å²) in [6.07, 6.45) is 7.74. The summed E-state index contributed by atoms with van der Waals surface area (Å²) in [7, 11) is -3.48. The van der Waals surface area contributed by atoms with Gasteiger partial charge in [-0.1, -0.05) is 59.7 Å². The van der Waals surface area contributed by atoms with E-state index in [4.69, 9.17) is 19.8 Å². The Morgan fingerprint density at radius 1 is 0.949 bits per heavy atom. The molecule has 210 valence electrons. The lowest BCUT2D eigenvalue weighted by molar-refractivity contribution is -0.0498. The molecule has 0 radical (unpaired) electrons. The fraction of sp³-hybridized carbons (Fsp3) is 0.677. The van der Waals surface area contributed by atoms with Crippen molar-refractivity contribution in [2.24, 2.45) is 38.5 Å². The number of allylic oxidation sites excluding steroid dienone is 1. The van der Waals surface area contributed by atoms with E-state index in [9.17, 15) is 4.79 Å². The molecule has 4 fully saturated rings. The van der Waals surface area contributed by atoms with Gasteiger partial charge in [0, 0.05) is 11.0 Å². The predicted molar refractivity (Wildman–Crippen MR) is 161 cm³/mol. The minimum atomic E-state index is -2.27. The van der Waals surface area contributed by atoms with Crippen molar-refractivity contribution in [2.75, 3.05) is 0 Å². The van der Waals surface area contributed by atoms with Crippen molar-refractivity contribution in [1.29, 1.82) is 0 Å². The van der Waals surface area contributed by atoms with Gasteiger partial charge in [0.1, 0.15) is 19.3 Å². The molecule has 4 aliphatic carbocycles. The standard InChI is InChI=1S/C31H45N4O2PSi/c1-19(2)39(20(3)4,21(5)6)37-27(31-16-23-13-24(17-31)15-25(14-23)18-31)29-33-32-28-22(7)34-35(38(28)29)30(36)26-11-9-8-10-12-26/h8-12,19-21,23-25,28H,13-18H2,1-7H3/b29-27+. The average molecular weight is 565 g/mol. The number of hydrogen-bond acceptors (Lipinski definition) is 5. The van der Waals surface area contributed by atoms with Gasteiger partial charge in [-0.3, -0.25) is 4.79 Å². The van der Waals surface area contributed by atoms with Crippen molar-refractivity contribution < 1.29 is 9.22 Å². The average Bonchev–Trinajstić information content (AvgIpc) is 3.44. The smallest absolute Gasteiger partial charge is 0.277 e. The zero-order valence-corrected chi connectivity index (χ0v) is 26.6. The van der Waals surface area contributed by atoms with Gasteiger partial charge in [-0.15, -0.1) is 5.11 Å². The second-order valence-electron chi connectivity index (χ2n) is 13.9. The van der Waals surface area contributed by atoms with Crippen LogP contribution in [-0.4, -0.2) is 30.5 Å². The van der Waals surface area contributed by atoms with Crippen molar-refractivity contribution in [1.82, 2.24) is 4.78 Å². The van der Waals surface area contributed by atoms with Gasteiger partial charge in [-0.25, -0.2) is 0 Å². The fourth-order valence-corrected chi connectivity index (χ4v) is 17.1. The lowest BCUT2D eigenvalue weighted by Crippen LogP contribution is -2.53. The van der Waals surface area contributed by atoms with E-state index in [0.29, 0.717) is 22.2 Å². The van der Waals surface area contributed by atoms with E-state index in [1.54, 1.807) is 4.78 Å². The first-order chi connectivity index (χ1) is 18.6. The Balaban J connectivity index is 1.51. The first-order valence-electron chi connectivity index (χ1n) is 15.1. The van der Waals surface area contributed by atoms with Gasteiger partial charge in [0.25, 0.3) is 14.2 Å². The third kappa shape index (κ3) is 4.29. The summed E-state index contributed by atoms with van der Waals surface area (Å²) in [5.74, 6) is 3.27. The first-order valence-corrected chi connectivity index (χ1v) is 18.6. The van der Waals surface area contributed by atoms with Crippen LogP contribution in [-0.2, 0) is 4.43 Å². The van der Waals surface area contributed by atoms with Crippen LogP contribution in [0, 0.1) is 23.2 Å². The molecule has 39 heavy (non-hydrogen) atoms. The van der Waals surface area contributed by atoms with Crippen LogP contribution < -0.4 is 0 Å². The lowest BCUT2D eigenvalue weighted by atomic mass is 9.49. The van der Waals surface area contributed by atoms with Crippen LogP contribution in [0.5, 0.6) is 0 Å². The Kier molecular flexibility index (Phi) is 6.94. The summed E-state index contributed by atoms with van der Waals surface area (Å²) in [5, 5.41) is 14.6. The number of carbonyl (C=O) groups excluding carboxylic acids is 1. The Labute approximate surface area is 236 Å². The number of benzene rings is 1. The van der Waals surface area contributed by atoms with Crippen LogP contribution in [0.2, 0.25) is 16.6 Å². The van der Waals surface area contributed by atoms with Crippen LogP contribution in [0.25, 0.3) is 0 Å². The Morgan fingerprint density at radius 3 is 2.00 bits per heavy atom. The van der Waals surface area contributed by atoms with Gasteiger partial charge in [0.15, 0.2) is 5.78 Å². The number of hydrogen-bond donors (Lipinski definition) is 0. The number of carbonyl (C=O) groups is 1. The topological polar surface area (TPSA) is 66.6 Å². The summed E-state index contributed by atoms with van der Waals surface area (Å²) in [6, 6.07) is 9.55. The van der Waals surface area contributed by atoms with Gasteiger partial charge < -0.3 is 4.43 Å².